The molecular formula is C20H25N5O. The zero-order chi connectivity index (χ0) is 17.8. The Morgan fingerprint density at radius 2 is 1.96 bits per heavy atom. The Hall–Kier alpha value is -2.34. The van der Waals surface area contributed by atoms with Crippen LogP contribution in [-0.4, -0.2) is 33.4 Å². The molecule has 4 rings (SSSR count). The summed E-state index contributed by atoms with van der Waals surface area (Å²) in [5.41, 5.74) is 2.69. The molecule has 2 fully saturated rings. The monoisotopic (exact) mass is 351 g/mol. The van der Waals surface area contributed by atoms with Crippen molar-refractivity contribution in [2.75, 3.05) is 11.4 Å². The van der Waals surface area contributed by atoms with E-state index in [0.29, 0.717) is 12.5 Å². The Kier molecular flexibility index (Phi) is 5.20. The highest BCUT2D eigenvalue weighted by Crippen LogP contribution is 2.31. The number of hydrogen-bond donors (Lipinski definition) is 1. The van der Waals surface area contributed by atoms with Crippen molar-refractivity contribution in [2.45, 2.75) is 57.0 Å². The summed E-state index contributed by atoms with van der Waals surface area (Å²) in [4.78, 5) is 28.0. The summed E-state index contributed by atoms with van der Waals surface area (Å²) in [5.74, 6) is 0.614. The molecular weight excluding hydrogens is 326 g/mol. The van der Waals surface area contributed by atoms with Crippen LogP contribution in [0.4, 0.5) is 5.69 Å². The molecule has 1 saturated heterocycles. The van der Waals surface area contributed by atoms with Gasteiger partial charge in [-0.3, -0.25) is 19.7 Å². The minimum atomic E-state index is -0.107. The first-order valence-electron chi connectivity index (χ1n) is 9.57. The van der Waals surface area contributed by atoms with E-state index in [9.17, 15) is 4.79 Å². The van der Waals surface area contributed by atoms with E-state index in [2.05, 4.69) is 20.3 Å². The Labute approximate surface area is 154 Å². The zero-order valence-corrected chi connectivity index (χ0v) is 15.0. The molecule has 6 nitrogen and oxygen atoms in total. The molecule has 1 amide bonds. The van der Waals surface area contributed by atoms with Crippen LogP contribution < -0.4 is 10.2 Å². The minimum Gasteiger partial charge on any atom is -0.306 e. The van der Waals surface area contributed by atoms with Crippen molar-refractivity contribution in [3.05, 3.63) is 48.3 Å². The summed E-state index contributed by atoms with van der Waals surface area (Å²) in [7, 11) is 0. The van der Waals surface area contributed by atoms with Gasteiger partial charge in [0.05, 0.1) is 42.1 Å². The predicted molar refractivity (Wildman–Crippen MR) is 99.7 cm³/mol. The van der Waals surface area contributed by atoms with Gasteiger partial charge in [0.25, 0.3) is 0 Å². The number of amides is 1. The van der Waals surface area contributed by atoms with Crippen LogP contribution in [0.5, 0.6) is 0 Å². The molecule has 1 aliphatic heterocycles. The maximum atomic E-state index is 12.8. The van der Waals surface area contributed by atoms with Gasteiger partial charge in [0, 0.05) is 18.3 Å². The maximum absolute atomic E-state index is 12.8. The summed E-state index contributed by atoms with van der Waals surface area (Å²) < 4.78 is 0. The first-order chi connectivity index (χ1) is 12.8. The Morgan fingerprint density at radius 3 is 2.58 bits per heavy atom. The van der Waals surface area contributed by atoms with Gasteiger partial charge >= 0.3 is 0 Å². The Bertz CT molecular complexity index is 724. The fourth-order valence-corrected chi connectivity index (χ4v) is 3.72. The molecule has 0 unspecified atom stereocenters. The number of nitrogens with one attached hydrogen (secondary N) is 1. The molecule has 0 bridgehead atoms. The maximum Gasteiger partial charge on any atom is 0.244 e. The number of aromatic nitrogens is 3. The second-order valence-electron chi connectivity index (χ2n) is 7.20. The first-order valence-corrected chi connectivity index (χ1v) is 9.57. The Balaban J connectivity index is 1.50. The lowest BCUT2D eigenvalue weighted by atomic mass is 9.87. The molecule has 6 heteroatoms. The second kappa shape index (κ2) is 7.91. The molecule has 3 heterocycles. The van der Waals surface area contributed by atoms with E-state index in [1.165, 1.54) is 32.1 Å². The summed E-state index contributed by atoms with van der Waals surface area (Å²) in [5, 5.41) is 3.19. The van der Waals surface area contributed by atoms with E-state index >= 15 is 0 Å². The van der Waals surface area contributed by atoms with E-state index in [0.717, 1.165) is 30.0 Å². The lowest BCUT2D eigenvalue weighted by Gasteiger charge is -2.32. The van der Waals surface area contributed by atoms with Gasteiger partial charge in [-0.15, -0.1) is 0 Å². The van der Waals surface area contributed by atoms with Gasteiger partial charge in [-0.2, -0.15) is 0 Å². The summed E-state index contributed by atoms with van der Waals surface area (Å²) in [6.07, 6.45) is 14.4. The highest BCUT2D eigenvalue weighted by molar-refractivity contribution is 5.97. The first kappa shape index (κ1) is 17.1. The van der Waals surface area contributed by atoms with Gasteiger partial charge in [-0.05, 0) is 37.9 Å². The number of rotatable bonds is 5. The summed E-state index contributed by atoms with van der Waals surface area (Å²) in [6, 6.07) is 3.65. The molecule has 2 aromatic rings. The normalized spacial score (nSPS) is 20.4. The third-order valence-electron chi connectivity index (χ3n) is 5.41. The molecule has 2 aliphatic rings. The van der Waals surface area contributed by atoms with Crippen LogP contribution in [-0.2, 0) is 11.3 Å². The van der Waals surface area contributed by atoms with E-state index in [-0.39, 0.29) is 11.9 Å². The fourth-order valence-electron chi connectivity index (χ4n) is 3.72. The van der Waals surface area contributed by atoms with Crippen molar-refractivity contribution < 1.29 is 4.79 Å². The largest absolute Gasteiger partial charge is 0.306 e. The van der Waals surface area contributed by atoms with Crippen molar-refractivity contribution in [3.8, 4) is 0 Å². The van der Waals surface area contributed by atoms with E-state index in [1.807, 2.05) is 24.5 Å². The molecule has 1 saturated carbocycles. The molecule has 1 N–H and O–H groups in total. The molecule has 1 aliphatic carbocycles. The number of carbonyl (C=O) groups is 1. The third kappa shape index (κ3) is 3.75. The van der Waals surface area contributed by atoms with Crippen LogP contribution in [0.15, 0.2) is 36.9 Å². The van der Waals surface area contributed by atoms with Crippen LogP contribution in [0.3, 0.4) is 0 Å². The Morgan fingerprint density at radius 1 is 1.12 bits per heavy atom. The molecule has 0 radical (unpaired) electrons. The topological polar surface area (TPSA) is 71.0 Å². The van der Waals surface area contributed by atoms with Gasteiger partial charge in [0.1, 0.15) is 0 Å². The molecule has 136 valence electrons. The van der Waals surface area contributed by atoms with E-state index in [1.54, 1.807) is 17.3 Å². The number of carbonyl (C=O) groups excluding carboxylic acids is 1. The number of anilines is 1. The molecule has 26 heavy (non-hydrogen) atoms. The van der Waals surface area contributed by atoms with Gasteiger partial charge in [-0.1, -0.05) is 19.3 Å². The van der Waals surface area contributed by atoms with Crippen molar-refractivity contribution >= 4 is 11.6 Å². The lowest BCUT2D eigenvalue weighted by Crippen LogP contribution is -2.54. The highest BCUT2D eigenvalue weighted by atomic mass is 16.2. The van der Waals surface area contributed by atoms with Gasteiger partial charge < -0.3 is 10.2 Å². The van der Waals surface area contributed by atoms with Gasteiger partial charge in [0.2, 0.25) is 5.91 Å². The SMILES string of the molecule is O=C([C@H]1CCN1)N(Cc1cnc(C2CCCCC2)cn1)c1cccnc1. The van der Waals surface area contributed by atoms with Gasteiger partial charge in [-0.25, -0.2) is 0 Å². The van der Waals surface area contributed by atoms with Crippen LogP contribution in [0.25, 0.3) is 0 Å². The lowest BCUT2D eigenvalue weighted by molar-refractivity contribution is -0.122. The van der Waals surface area contributed by atoms with Crippen molar-refractivity contribution in [3.63, 3.8) is 0 Å². The van der Waals surface area contributed by atoms with Crippen LogP contribution in [0, 0.1) is 0 Å². The highest BCUT2D eigenvalue weighted by Gasteiger charge is 2.30. The molecule has 0 spiro atoms. The smallest absolute Gasteiger partial charge is 0.244 e. The quantitative estimate of drug-likeness (QED) is 0.897. The van der Waals surface area contributed by atoms with Crippen molar-refractivity contribution in [1.82, 2.24) is 20.3 Å². The van der Waals surface area contributed by atoms with Crippen LogP contribution in [0.2, 0.25) is 0 Å². The second-order valence-corrected chi connectivity index (χ2v) is 7.20. The zero-order valence-electron chi connectivity index (χ0n) is 15.0. The number of pyridine rings is 1. The molecule has 0 aromatic carbocycles. The minimum absolute atomic E-state index is 0.0717. The van der Waals surface area contributed by atoms with Crippen LogP contribution in [0.1, 0.15) is 55.8 Å². The van der Waals surface area contributed by atoms with E-state index in [4.69, 9.17) is 0 Å². The van der Waals surface area contributed by atoms with Crippen molar-refractivity contribution in [2.24, 2.45) is 0 Å². The standard InChI is InChI=1S/C20H25N5O/c26-20(18-8-10-22-18)25(17-7-4-9-21-12-17)14-16-11-24-19(13-23-16)15-5-2-1-3-6-15/h4,7,9,11-13,15,18,22H,1-3,5-6,8,10,14H2/t18-/m1/s1. The third-order valence-corrected chi connectivity index (χ3v) is 5.41. The van der Waals surface area contributed by atoms with Crippen molar-refractivity contribution in [1.29, 1.82) is 0 Å². The average Bonchev–Trinajstić information content (AvgIpc) is 2.66. The van der Waals surface area contributed by atoms with Crippen LogP contribution >= 0.6 is 0 Å². The van der Waals surface area contributed by atoms with E-state index < -0.39 is 0 Å². The molecule has 1 atom stereocenters. The number of hydrogen-bond acceptors (Lipinski definition) is 5. The average molecular weight is 351 g/mol. The van der Waals surface area contributed by atoms with Gasteiger partial charge in [0.15, 0.2) is 0 Å². The predicted octanol–water partition coefficient (Wildman–Crippen LogP) is 2.81. The molecule has 2 aromatic heterocycles. The summed E-state index contributed by atoms with van der Waals surface area (Å²) in [6.45, 7) is 1.31. The summed E-state index contributed by atoms with van der Waals surface area (Å²) >= 11 is 0. The fraction of sp³-hybridized carbons (Fsp3) is 0.500. The number of nitrogens with zero attached hydrogens (tertiary/aromatic N) is 4.